The summed E-state index contributed by atoms with van der Waals surface area (Å²) in [5.41, 5.74) is -0.239. The Morgan fingerprint density at radius 1 is 1.30 bits per heavy atom. The Hall–Kier alpha value is -1.51. The van der Waals surface area contributed by atoms with Gasteiger partial charge in [-0.1, -0.05) is 19.9 Å². The zero-order chi connectivity index (χ0) is 15.2. The SMILES string of the molecule is CCN(CC)CCNS(=O)(=O)c1cccc([N+](=O)[O-])c1. The van der Waals surface area contributed by atoms with Crippen LogP contribution in [0.3, 0.4) is 0 Å². The van der Waals surface area contributed by atoms with E-state index < -0.39 is 14.9 Å². The lowest BCUT2D eigenvalue weighted by Gasteiger charge is -2.17. The molecule has 1 aromatic carbocycles. The third-order valence-electron chi connectivity index (χ3n) is 2.95. The van der Waals surface area contributed by atoms with Gasteiger partial charge < -0.3 is 4.90 Å². The van der Waals surface area contributed by atoms with E-state index in [-0.39, 0.29) is 17.1 Å². The fraction of sp³-hybridized carbons (Fsp3) is 0.500. The lowest BCUT2D eigenvalue weighted by molar-refractivity contribution is -0.385. The second-order valence-corrected chi connectivity index (χ2v) is 5.95. The highest BCUT2D eigenvalue weighted by molar-refractivity contribution is 7.89. The van der Waals surface area contributed by atoms with Crippen molar-refractivity contribution in [2.24, 2.45) is 0 Å². The first kappa shape index (κ1) is 16.5. The van der Waals surface area contributed by atoms with E-state index in [9.17, 15) is 18.5 Å². The van der Waals surface area contributed by atoms with E-state index in [1.807, 2.05) is 13.8 Å². The summed E-state index contributed by atoms with van der Waals surface area (Å²) < 4.78 is 26.5. The Kier molecular flexibility index (Phi) is 6.05. The number of rotatable bonds is 8. The topological polar surface area (TPSA) is 92.6 Å². The zero-order valence-corrected chi connectivity index (χ0v) is 12.4. The van der Waals surface area contributed by atoms with Crippen LogP contribution < -0.4 is 4.72 Å². The molecule has 0 aliphatic rings. The molecule has 1 rings (SSSR count). The molecular weight excluding hydrogens is 282 g/mol. The van der Waals surface area contributed by atoms with Crippen molar-refractivity contribution in [2.45, 2.75) is 18.7 Å². The first-order valence-electron chi connectivity index (χ1n) is 6.37. The Morgan fingerprint density at radius 2 is 1.95 bits per heavy atom. The smallest absolute Gasteiger partial charge is 0.270 e. The summed E-state index contributed by atoms with van der Waals surface area (Å²) in [5.74, 6) is 0. The predicted octanol–water partition coefficient (Wildman–Crippen LogP) is 1.21. The van der Waals surface area contributed by atoms with Crippen molar-refractivity contribution < 1.29 is 13.3 Å². The van der Waals surface area contributed by atoms with Crippen molar-refractivity contribution in [3.05, 3.63) is 34.4 Å². The van der Waals surface area contributed by atoms with Crippen LogP contribution in [0.25, 0.3) is 0 Å². The molecule has 8 heteroatoms. The van der Waals surface area contributed by atoms with E-state index in [4.69, 9.17) is 0 Å². The normalized spacial score (nSPS) is 11.8. The number of nitro benzene ring substituents is 1. The number of hydrogen-bond donors (Lipinski definition) is 1. The molecule has 0 fully saturated rings. The van der Waals surface area contributed by atoms with Gasteiger partial charge in [-0.25, -0.2) is 13.1 Å². The van der Waals surface area contributed by atoms with Crippen LogP contribution in [0.5, 0.6) is 0 Å². The van der Waals surface area contributed by atoms with Gasteiger partial charge in [-0.3, -0.25) is 10.1 Å². The van der Waals surface area contributed by atoms with Crippen LogP contribution in [-0.4, -0.2) is 44.4 Å². The maximum Gasteiger partial charge on any atom is 0.270 e. The standard InChI is InChI=1S/C12H19N3O4S/c1-3-14(4-2)9-8-13-20(18,19)12-7-5-6-11(10-12)15(16)17/h5-7,10,13H,3-4,8-9H2,1-2H3. The van der Waals surface area contributed by atoms with Crippen LogP contribution in [0.4, 0.5) is 5.69 Å². The van der Waals surface area contributed by atoms with Crippen LogP contribution >= 0.6 is 0 Å². The van der Waals surface area contributed by atoms with Crippen molar-refractivity contribution in [3.63, 3.8) is 0 Å². The van der Waals surface area contributed by atoms with Gasteiger partial charge in [0.2, 0.25) is 10.0 Å². The fourth-order valence-corrected chi connectivity index (χ4v) is 2.79. The molecule has 7 nitrogen and oxygen atoms in total. The number of sulfonamides is 1. The lowest BCUT2D eigenvalue weighted by Crippen LogP contribution is -2.34. The molecular formula is C12H19N3O4S. The summed E-state index contributed by atoms with van der Waals surface area (Å²) in [4.78, 5) is 12.0. The second kappa shape index (κ2) is 7.32. The highest BCUT2D eigenvalue weighted by Gasteiger charge is 2.17. The van der Waals surface area contributed by atoms with Gasteiger partial charge in [0.25, 0.3) is 5.69 Å². The lowest BCUT2D eigenvalue weighted by atomic mass is 10.3. The third kappa shape index (κ3) is 4.55. The predicted molar refractivity (Wildman–Crippen MR) is 76.1 cm³/mol. The van der Waals surface area contributed by atoms with Gasteiger partial charge in [0, 0.05) is 25.2 Å². The summed E-state index contributed by atoms with van der Waals surface area (Å²) in [6.07, 6.45) is 0. The molecule has 0 aliphatic carbocycles. The number of nitro groups is 1. The first-order chi connectivity index (χ1) is 9.40. The largest absolute Gasteiger partial charge is 0.303 e. The quantitative estimate of drug-likeness (QED) is 0.575. The van der Waals surface area contributed by atoms with E-state index >= 15 is 0 Å². The van der Waals surface area contributed by atoms with Gasteiger partial charge in [-0.05, 0) is 19.2 Å². The van der Waals surface area contributed by atoms with Gasteiger partial charge in [-0.15, -0.1) is 0 Å². The number of nitrogens with one attached hydrogen (secondary N) is 1. The van der Waals surface area contributed by atoms with Crippen molar-refractivity contribution in [1.82, 2.24) is 9.62 Å². The molecule has 1 aromatic rings. The molecule has 0 aliphatic heterocycles. The molecule has 20 heavy (non-hydrogen) atoms. The highest BCUT2D eigenvalue weighted by Crippen LogP contribution is 2.16. The Bertz CT molecular complexity index is 556. The molecule has 0 saturated heterocycles. The maximum atomic E-state index is 12.0. The fourth-order valence-electron chi connectivity index (χ4n) is 1.73. The van der Waals surface area contributed by atoms with Gasteiger partial charge in [0.05, 0.1) is 9.82 Å². The summed E-state index contributed by atoms with van der Waals surface area (Å²) >= 11 is 0. The summed E-state index contributed by atoms with van der Waals surface area (Å²) in [6, 6.07) is 5.01. The maximum absolute atomic E-state index is 12.0. The minimum Gasteiger partial charge on any atom is -0.303 e. The average molecular weight is 301 g/mol. The molecule has 0 unspecified atom stereocenters. The number of benzene rings is 1. The molecule has 0 aromatic heterocycles. The number of likely N-dealkylation sites (N-methyl/N-ethyl adjacent to an activating group) is 1. The highest BCUT2D eigenvalue weighted by atomic mass is 32.2. The van der Waals surface area contributed by atoms with Crippen LogP contribution in [0.2, 0.25) is 0 Å². The van der Waals surface area contributed by atoms with Gasteiger partial charge >= 0.3 is 0 Å². The van der Waals surface area contributed by atoms with E-state index in [0.29, 0.717) is 6.54 Å². The molecule has 0 saturated carbocycles. The number of non-ortho nitro benzene ring substituents is 1. The van der Waals surface area contributed by atoms with E-state index in [1.54, 1.807) is 0 Å². The van der Waals surface area contributed by atoms with Crippen LogP contribution in [0.15, 0.2) is 29.2 Å². The molecule has 0 spiro atoms. The van der Waals surface area contributed by atoms with E-state index in [0.717, 1.165) is 19.2 Å². The van der Waals surface area contributed by atoms with Crippen molar-refractivity contribution in [3.8, 4) is 0 Å². The molecule has 0 radical (unpaired) electrons. The Balaban J connectivity index is 2.74. The number of hydrogen-bond acceptors (Lipinski definition) is 5. The van der Waals surface area contributed by atoms with E-state index in [1.165, 1.54) is 18.2 Å². The van der Waals surface area contributed by atoms with Crippen LogP contribution in [0, 0.1) is 10.1 Å². The van der Waals surface area contributed by atoms with Crippen LogP contribution in [0.1, 0.15) is 13.8 Å². The number of nitrogens with zero attached hydrogens (tertiary/aromatic N) is 2. The van der Waals surface area contributed by atoms with Gasteiger partial charge in [0.15, 0.2) is 0 Å². The minimum atomic E-state index is -3.71. The average Bonchev–Trinajstić information content (AvgIpc) is 2.43. The van der Waals surface area contributed by atoms with Crippen molar-refractivity contribution in [2.75, 3.05) is 26.2 Å². The van der Waals surface area contributed by atoms with Crippen LogP contribution in [-0.2, 0) is 10.0 Å². The monoisotopic (exact) mass is 301 g/mol. The Morgan fingerprint density at radius 3 is 2.50 bits per heavy atom. The molecule has 112 valence electrons. The summed E-state index contributed by atoms with van der Waals surface area (Å²) in [7, 11) is -3.71. The second-order valence-electron chi connectivity index (χ2n) is 4.18. The third-order valence-corrected chi connectivity index (χ3v) is 4.41. The molecule has 1 N–H and O–H groups in total. The van der Waals surface area contributed by atoms with Gasteiger partial charge in [-0.2, -0.15) is 0 Å². The first-order valence-corrected chi connectivity index (χ1v) is 7.85. The molecule has 0 heterocycles. The minimum absolute atomic E-state index is 0.0914. The van der Waals surface area contributed by atoms with E-state index in [2.05, 4.69) is 9.62 Å². The summed E-state index contributed by atoms with van der Waals surface area (Å²) in [6.45, 7) is 6.55. The zero-order valence-electron chi connectivity index (χ0n) is 11.6. The Labute approximate surface area is 118 Å². The molecule has 0 atom stereocenters. The van der Waals surface area contributed by atoms with Gasteiger partial charge in [0.1, 0.15) is 0 Å². The summed E-state index contributed by atoms with van der Waals surface area (Å²) in [5, 5.41) is 10.6. The molecule has 0 amide bonds. The van der Waals surface area contributed by atoms with Crippen molar-refractivity contribution in [1.29, 1.82) is 0 Å². The van der Waals surface area contributed by atoms with Crippen molar-refractivity contribution >= 4 is 15.7 Å². The molecule has 0 bridgehead atoms.